The van der Waals surface area contributed by atoms with E-state index in [0.717, 1.165) is 161 Å². The average molecular weight is 1400 g/mol. The molecule has 0 saturated carbocycles. The first-order valence-corrected chi connectivity index (χ1v) is 40.8. The van der Waals surface area contributed by atoms with Gasteiger partial charge in [-0.15, -0.1) is 0 Å². The molecule has 0 fully saturated rings. The Morgan fingerprint density at radius 3 is 0.866 bits per heavy atom. The molecule has 0 heterocycles. The van der Waals surface area contributed by atoms with E-state index < -0.39 is 91.5 Å². The molecule has 0 saturated heterocycles. The number of allylic oxidation sites excluding steroid dienone is 20. The van der Waals surface area contributed by atoms with Gasteiger partial charge in [-0.2, -0.15) is 0 Å². The third-order valence-electron chi connectivity index (χ3n) is 15.7. The summed E-state index contributed by atoms with van der Waals surface area (Å²) in [6, 6.07) is 0. The van der Waals surface area contributed by atoms with Crippen molar-refractivity contribution in [3.63, 3.8) is 0 Å². The molecule has 5 atom stereocenters. The first kappa shape index (κ1) is 93.0. The molecule has 0 amide bonds. The van der Waals surface area contributed by atoms with Gasteiger partial charge < -0.3 is 34.2 Å². The second-order valence-corrected chi connectivity index (χ2v) is 28.0. The monoisotopic (exact) mass is 1400 g/mol. The van der Waals surface area contributed by atoms with Crippen molar-refractivity contribution in [2.45, 2.75) is 322 Å². The van der Waals surface area contributed by atoms with Crippen LogP contribution in [-0.2, 0) is 55.8 Å². The topological polar surface area (TPSA) is 231 Å². The molecular weight excluding hydrogens is 1270 g/mol. The van der Waals surface area contributed by atoms with Crippen LogP contribution < -0.4 is 0 Å². The van der Waals surface area contributed by atoms with Crippen molar-refractivity contribution in [2.75, 3.05) is 39.6 Å². The number of phosphoric acid groups is 2. The Morgan fingerprint density at radius 2 is 0.546 bits per heavy atom. The van der Waals surface area contributed by atoms with E-state index in [0.29, 0.717) is 19.3 Å². The quantitative estimate of drug-likeness (QED) is 0.0146. The fourth-order valence-corrected chi connectivity index (χ4v) is 11.6. The molecule has 5 unspecified atom stereocenters. The molecule has 0 aromatic rings. The highest BCUT2D eigenvalue weighted by molar-refractivity contribution is 7.47. The number of esters is 3. The standard InChI is InChI=1S/C79H136O16P2/c1-4-7-10-13-16-19-22-25-27-29-31-32-33-34-35-36-37-38-39-40-42-44-45-48-50-53-56-59-62-65-77(82)89-68-74(80)69-91-96(85,86)92-70-75(81)71-93-97(87,88)94-73-76(95-79(84)67-64-61-58-55-52-47-24-21-18-15-12-9-6-3)72-90-78(83)66-63-60-57-54-51-49-46-43-41-30-28-26-23-20-17-14-11-8-5-2/h7-8,10-11,16-17,19-20,25-28,31-32,34-35,37-38,41,43,74-76,80-81H,4-6,9,12-15,18,21-24,29-30,33,36,39-40,42,44-73H2,1-3H3,(H,85,86)(H,87,88)/b10-7-,11-8-,19-16-,20-17-,27-25-,28-26-,32-31-,35-34-,38-37-,43-41-. The summed E-state index contributed by atoms with van der Waals surface area (Å²) in [5, 5.41) is 20.6. The lowest BCUT2D eigenvalue weighted by Crippen LogP contribution is -2.30. The van der Waals surface area contributed by atoms with E-state index in [1.54, 1.807) is 0 Å². The van der Waals surface area contributed by atoms with E-state index in [-0.39, 0.29) is 19.3 Å². The number of rotatable bonds is 71. The summed E-state index contributed by atoms with van der Waals surface area (Å²) in [5.74, 6) is -1.59. The Balaban J connectivity index is 4.50. The number of carbonyl (C=O) groups is 3. The van der Waals surface area contributed by atoms with E-state index in [1.165, 1.54) is 83.5 Å². The number of carbonyl (C=O) groups excluding carboxylic acids is 3. The van der Waals surface area contributed by atoms with Crippen LogP contribution in [0.3, 0.4) is 0 Å². The molecule has 0 aliphatic heterocycles. The van der Waals surface area contributed by atoms with Crippen molar-refractivity contribution in [1.29, 1.82) is 0 Å². The third-order valence-corrected chi connectivity index (χ3v) is 17.6. The van der Waals surface area contributed by atoms with Gasteiger partial charge in [0.2, 0.25) is 0 Å². The highest BCUT2D eigenvalue weighted by Crippen LogP contribution is 2.45. The molecule has 0 rings (SSSR count). The molecule has 0 bridgehead atoms. The molecule has 18 heteroatoms. The highest BCUT2D eigenvalue weighted by atomic mass is 31.2. The minimum Gasteiger partial charge on any atom is -0.463 e. The van der Waals surface area contributed by atoms with Crippen LogP contribution in [0.2, 0.25) is 0 Å². The van der Waals surface area contributed by atoms with Gasteiger partial charge in [-0.1, -0.05) is 296 Å². The van der Waals surface area contributed by atoms with Crippen molar-refractivity contribution in [2.24, 2.45) is 0 Å². The summed E-state index contributed by atoms with van der Waals surface area (Å²) in [7, 11) is -9.78. The van der Waals surface area contributed by atoms with E-state index in [9.17, 15) is 43.5 Å². The third kappa shape index (κ3) is 73.0. The fourth-order valence-electron chi connectivity index (χ4n) is 9.98. The molecule has 97 heavy (non-hydrogen) atoms. The van der Waals surface area contributed by atoms with Crippen molar-refractivity contribution in [1.82, 2.24) is 0 Å². The minimum atomic E-state index is -4.93. The van der Waals surface area contributed by atoms with Gasteiger partial charge in [0.05, 0.1) is 26.4 Å². The minimum absolute atomic E-state index is 0.103. The fraction of sp³-hybridized carbons (Fsp3) is 0.709. The van der Waals surface area contributed by atoms with E-state index in [1.807, 2.05) is 0 Å². The van der Waals surface area contributed by atoms with Crippen LogP contribution in [0.15, 0.2) is 122 Å². The lowest BCUT2D eigenvalue weighted by atomic mass is 10.0. The number of phosphoric ester groups is 2. The molecule has 0 aliphatic carbocycles. The Morgan fingerprint density at radius 1 is 0.299 bits per heavy atom. The molecule has 4 N–H and O–H groups in total. The summed E-state index contributed by atoms with van der Waals surface area (Å²) < 4.78 is 61.0. The van der Waals surface area contributed by atoms with Crippen molar-refractivity contribution >= 4 is 33.6 Å². The summed E-state index contributed by atoms with van der Waals surface area (Å²) in [5.41, 5.74) is 0. The van der Waals surface area contributed by atoms with Crippen LogP contribution in [0, 0.1) is 0 Å². The van der Waals surface area contributed by atoms with Crippen LogP contribution >= 0.6 is 15.6 Å². The molecule has 558 valence electrons. The zero-order chi connectivity index (χ0) is 70.9. The van der Waals surface area contributed by atoms with Gasteiger partial charge in [0, 0.05) is 19.3 Å². The summed E-state index contributed by atoms with van der Waals surface area (Å²) in [6.45, 7) is 2.44. The van der Waals surface area contributed by atoms with Gasteiger partial charge in [0.1, 0.15) is 25.4 Å². The van der Waals surface area contributed by atoms with Crippen molar-refractivity contribution < 1.29 is 75.8 Å². The number of unbranched alkanes of at least 4 members (excludes halogenated alkanes) is 28. The Bertz CT molecular complexity index is 2250. The van der Waals surface area contributed by atoms with E-state index in [4.69, 9.17) is 32.3 Å². The number of aliphatic hydroxyl groups is 2. The van der Waals surface area contributed by atoms with Crippen LogP contribution in [0.1, 0.15) is 303 Å². The predicted molar refractivity (Wildman–Crippen MR) is 399 cm³/mol. The van der Waals surface area contributed by atoms with Crippen LogP contribution in [-0.4, -0.2) is 95.9 Å². The van der Waals surface area contributed by atoms with E-state index >= 15 is 0 Å². The SMILES string of the molecule is CC/C=C\C/C=C\C/C=C\C/C=C\C/C=C\C/C=C\CCCCCCCCCCCCC(=O)OCC(O)COP(=O)(O)OCC(O)COP(=O)(O)OCC(COC(=O)CCCCCCCC/C=C\C/C=C\C/C=C\C/C=C\CC)OC(=O)CCCCCCCCCCCCCCC. The predicted octanol–water partition coefficient (Wildman–Crippen LogP) is 21.8. The van der Waals surface area contributed by atoms with Gasteiger partial charge in [0.15, 0.2) is 6.10 Å². The average Bonchev–Trinajstić information content (AvgIpc) is 1.64. The molecule has 0 aromatic carbocycles. The number of hydrogen-bond acceptors (Lipinski definition) is 14. The van der Waals surface area contributed by atoms with Crippen LogP contribution in [0.25, 0.3) is 0 Å². The second-order valence-electron chi connectivity index (χ2n) is 25.0. The molecule has 0 aromatic heterocycles. The highest BCUT2D eigenvalue weighted by Gasteiger charge is 2.29. The summed E-state index contributed by atoms with van der Waals surface area (Å²) in [6.07, 6.45) is 83.9. The molecule has 0 spiro atoms. The van der Waals surface area contributed by atoms with Gasteiger partial charge in [-0.05, 0) is 109 Å². The lowest BCUT2D eigenvalue weighted by Gasteiger charge is -2.21. The Hall–Kier alpha value is -4.05. The van der Waals surface area contributed by atoms with Gasteiger partial charge in [-0.3, -0.25) is 32.5 Å². The zero-order valence-corrected chi connectivity index (χ0v) is 62.5. The molecule has 0 aliphatic rings. The van der Waals surface area contributed by atoms with Crippen LogP contribution in [0.4, 0.5) is 0 Å². The maximum Gasteiger partial charge on any atom is 0.472 e. The maximum absolute atomic E-state index is 12.9. The van der Waals surface area contributed by atoms with Crippen molar-refractivity contribution in [3.05, 3.63) is 122 Å². The molecule has 16 nitrogen and oxygen atoms in total. The lowest BCUT2D eigenvalue weighted by molar-refractivity contribution is -0.161. The maximum atomic E-state index is 12.9. The van der Waals surface area contributed by atoms with Gasteiger partial charge >= 0.3 is 33.6 Å². The number of hydrogen-bond donors (Lipinski definition) is 4. The van der Waals surface area contributed by atoms with Gasteiger partial charge in [-0.25, -0.2) is 9.13 Å². The number of aliphatic hydroxyl groups excluding tert-OH is 2. The summed E-state index contributed by atoms with van der Waals surface area (Å²) >= 11 is 0. The molecule has 0 radical (unpaired) electrons. The summed E-state index contributed by atoms with van der Waals surface area (Å²) in [4.78, 5) is 58.5. The number of ether oxygens (including phenoxy) is 3. The Kier molecular flexibility index (Phi) is 68.8. The molecular formula is C79H136O16P2. The Labute approximate surface area is 589 Å². The van der Waals surface area contributed by atoms with Crippen LogP contribution in [0.5, 0.6) is 0 Å². The smallest absolute Gasteiger partial charge is 0.463 e. The zero-order valence-electron chi connectivity index (χ0n) is 60.7. The first-order valence-electron chi connectivity index (χ1n) is 37.8. The van der Waals surface area contributed by atoms with Crippen molar-refractivity contribution in [3.8, 4) is 0 Å². The van der Waals surface area contributed by atoms with Gasteiger partial charge in [0.25, 0.3) is 0 Å². The first-order chi connectivity index (χ1) is 47.2. The largest absolute Gasteiger partial charge is 0.472 e. The normalized spacial score (nSPS) is 14.8. The second kappa shape index (κ2) is 71.8. The van der Waals surface area contributed by atoms with E-state index in [2.05, 4.69) is 142 Å².